The van der Waals surface area contributed by atoms with Crippen molar-refractivity contribution in [1.82, 2.24) is 0 Å². The van der Waals surface area contributed by atoms with Crippen LogP contribution in [0.1, 0.15) is 6.42 Å². The summed E-state index contributed by atoms with van der Waals surface area (Å²) in [6, 6.07) is 6.61. The average molecular weight is 197 g/mol. The van der Waals surface area contributed by atoms with E-state index in [1.54, 1.807) is 24.3 Å². The molecule has 0 unspecified atom stereocenters. The van der Waals surface area contributed by atoms with Gasteiger partial charge in [-0.25, -0.2) is 0 Å². The normalized spacial score (nSPS) is 9.31. The quantitative estimate of drug-likeness (QED) is 0.422. The highest BCUT2D eigenvalue weighted by Crippen LogP contribution is 2.15. The van der Waals surface area contributed by atoms with Crippen molar-refractivity contribution in [1.29, 1.82) is 0 Å². The molecule has 0 amide bonds. The van der Waals surface area contributed by atoms with Gasteiger partial charge in [-0.15, -0.1) is 6.58 Å². The molecule has 0 aliphatic carbocycles. The van der Waals surface area contributed by atoms with Gasteiger partial charge < -0.3 is 4.74 Å². The van der Waals surface area contributed by atoms with Crippen LogP contribution in [0.25, 0.3) is 0 Å². The third-order valence-electron chi connectivity index (χ3n) is 1.36. The van der Waals surface area contributed by atoms with E-state index in [1.165, 1.54) is 6.08 Å². The second-order valence-corrected chi connectivity index (χ2v) is 2.86. The molecule has 1 aromatic carbocycles. The Morgan fingerprint density at radius 3 is 2.62 bits per heavy atom. The van der Waals surface area contributed by atoms with Gasteiger partial charge in [0.15, 0.2) is 0 Å². The summed E-state index contributed by atoms with van der Waals surface area (Å²) in [6.07, 6.45) is 1.71. The van der Waals surface area contributed by atoms with Crippen molar-refractivity contribution in [2.45, 2.75) is 6.42 Å². The Morgan fingerprint density at radius 1 is 1.46 bits per heavy atom. The van der Waals surface area contributed by atoms with Crippen molar-refractivity contribution >= 4 is 17.6 Å². The van der Waals surface area contributed by atoms with Gasteiger partial charge in [0.05, 0.1) is 6.42 Å². The van der Waals surface area contributed by atoms with Crippen molar-refractivity contribution in [3.05, 3.63) is 41.9 Å². The third-order valence-corrected chi connectivity index (χ3v) is 1.61. The number of carbonyl (C=O) groups excluding carboxylic acids is 1. The Balaban J connectivity index is 2.59. The number of benzene rings is 1. The van der Waals surface area contributed by atoms with Crippen LogP contribution in [0.4, 0.5) is 0 Å². The monoisotopic (exact) mass is 196 g/mol. The van der Waals surface area contributed by atoms with Crippen LogP contribution < -0.4 is 4.74 Å². The summed E-state index contributed by atoms with van der Waals surface area (Å²) < 4.78 is 4.94. The maximum Gasteiger partial charge on any atom is 0.315 e. The Morgan fingerprint density at radius 2 is 2.08 bits per heavy atom. The largest absolute Gasteiger partial charge is 0.426 e. The summed E-state index contributed by atoms with van der Waals surface area (Å²) in [7, 11) is 0. The van der Waals surface area contributed by atoms with Gasteiger partial charge in [0.2, 0.25) is 0 Å². The Labute approximate surface area is 81.8 Å². The van der Waals surface area contributed by atoms with E-state index in [4.69, 9.17) is 16.3 Å². The maximum atomic E-state index is 11.0. The zero-order valence-electron chi connectivity index (χ0n) is 7.00. The fraction of sp³-hybridized carbons (Fsp3) is 0.100. The zero-order chi connectivity index (χ0) is 9.68. The molecular weight excluding hydrogens is 188 g/mol. The van der Waals surface area contributed by atoms with Crippen molar-refractivity contribution in [3.63, 3.8) is 0 Å². The molecule has 0 radical (unpaired) electrons. The minimum atomic E-state index is -0.322. The van der Waals surface area contributed by atoms with Crippen LogP contribution in [0, 0.1) is 0 Å². The van der Waals surface area contributed by atoms with Gasteiger partial charge in [-0.2, -0.15) is 0 Å². The molecule has 0 fully saturated rings. The van der Waals surface area contributed by atoms with Crippen LogP contribution in [0.5, 0.6) is 5.75 Å². The van der Waals surface area contributed by atoms with Crippen LogP contribution in [-0.4, -0.2) is 5.97 Å². The molecule has 0 aliphatic heterocycles. The van der Waals surface area contributed by atoms with Gasteiger partial charge in [0.1, 0.15) is 5.75 Å². The summed E-state index contributed by atoms with van der Waals surface area (Å²) in [6.45, 7) is 3.43. The zero-order valence-corrected chi connectivity index (χ0v) is 7.75. The SMILES string of the molecule is C=CCC(=O)Oc1ccc(Cl)cc1. The van der Waals surface area contributed by atoms with Crippen LogP contribution in [0.3, 0.4) is 0 Å². The maximum absolute atomic E-state index is 11.0. The average Bonchev–Trinajstić information content (AvgIpc) is 2.09. The number of hydrogen-bond acceptors (Lipinski definition) is 2. The molecular formula is C10H9ClO2. The first-order chi connectivity index (χ1) is 6.22. The molecule has 0 spiro atoms. The second-order valence-electron chi connectivity index (χ2n) is 2.42. The van der Waals surface area contributed by atoms with Crippen LogP contribution in [0.2, 0.25) is 5.02 Å². The molecule has 0 aromatic heterocycles. The van der Waals surface area contributed by atoms with E-state index in [2.05, 4.69) is 6.58 Å². The molecule has 0 heterocycles. The Bertz CT molecular complexity index is 303. The van der Waals surface area contributed by atoms with Crippen LogP contribution in [-0.2, 0) is 4.79 Å². The topological polar surface area (TPSA) is 26.3 Å². The fourth-order valence-corrected chi connectivity index (χ4v) is 0.920. The van der Waals surface area contributed by atoms with Crippen LogP contribution in [0.15, 0.2) is 36.9 Å². The smallest absolute Gasteiger partial charge is 0.315 e. The summed E-state index contributed by atoms with van der Waals surface area (Å²) in [4.78, 5) is 11.0. The molecule has 0 N–H and O–H groups in total. The lowest BCUT2D eigenvalue weighted by Gasteiger charge is -2.01. The van der Waals surface area contributed by atoms with Crippen molar-refractivity contribution in [2.75, 3.05) is 0 Å². The molecule has 1 rings (SSSR count). The second kappa shape index (κ2) is 4.67. The van der Waals surface area contributed by atoms with E-state index in [0.717, 1.165) is 0 Å². The molecule has 0 bridgehead atoms. The Kier molecular flexibility index (Phi) is 3.53. The van der Waals surface area contributed by atoms with Gasteiger partial charge in [-0.3, -0.25) is 4.79 Å². The van der Waals surface area contributed by atoms with Crippen molar-refractivity contribution < 1.29 is 9.53 Å². The van der Waals surface area contributed by atoms with Gasteiger partial charge in [0.25, 0.3) is 0 Å². The highest BCUT2D eigenvalue weighted by atomic mass is 35.5. The molecule has 0 aliphatic rings. The number of ether oxygens (including phenoxy) is 1. The number of halogens is 1. The minimum Gasteiger partial charge on any atom is -0.426 e. The van der Waals surface area contributed by atoms with E-state index in [9.17, 15) is 4.79 Å². The minimum absolute atomic E-state index is 0.211. The first kappa shape index (κ1) is 9.81. The molecule has 68 valence electrons. The summed E-state index contributed by atoms with van der Waals surface area (Å²) in [5.74, 6) is 0.175. The highest BCUT2D eigenvalue weighted by Gasteiger charge is 2.00. The molecule has 13 heavy (non-hydrogen) atoms. The molecule has 1 aromatic rings. The standard InChI is InChI=1S/C10H9ClO2/c1-2-3-10(12)13-9-6-4-8(11)5-7-9/h2,4-7H,1,3H2. The predicted molar refractivity (Wildman–Crippen MR) is 51.9 cm³/mol. The molecule has 0 saturated heterocycles. The third kappa shape index (κ3) is 3.30. The predicted octanol–water partition coefficient (Wildman–Crippen LogP) is 2.82. The molecule has 2 nitrogen and oxygen atoms in total. The fourth-order valence-electron chi connectivity index (χ4n) is 0.794. The molecule has 0 saturated carbocycles. The van der Waals surface area contributed by atoms with E-state index in [-0.39, 0.29) is 12.4 Å². The molecule has 0 atom stereocenters. The number of esters is 1. The van der Waals surface area contributed by atoms with Gasteiger partial charge in [-0.1, -0.05) is 17.7 Å². The summed E-state index contributed by atoms with van der Waals surface area (Å²) >= 11 is 5.65. The highest BCUT2D eigenvalue weighted by molar-refractivity contribution is 6.30. The molecule has 3 heteroatoms. The summed E-state index contributed by atoms with van der Waals surface area (Å²) in [5, 5.41) is 0.614. The van der Waals surface area contributed by atoms with Gasteiger partial charge in [-0.05, 0) is 24.3 Å². The van der Waals surface area contributed by atoms with Crippen LogP contribution >= 0.6 is 11.6 Å². The van der Waals surface area contributed by atoms with E-state index in [0.29, 0.717) is 10.8 Å². The van der Waals surface area contributed by atoms with E-state index >= 15 is 0 Å². The first-order valence-corrected chi connectivity index (χ1v) is 4.17. The van der Waals surface area contributed by atoms with E-state index in [1.807, 2.05) is 0 Å². The number of hydrogen-bond donors (Lipinski definition) is 0. The first-order valence-electron chi connectivity index (χ1n) is 3.79. The Hall–Kier alpha value is -1.28. The van der Waals surface area contributed by atoms with E-state index < -0.39 is 0 Å². The lowest BCUT2D eigenvalue weighted by molar-refractivity contribution is -0.133. The number of rotatable bonds is 3. The number of carbonyl (C=O) groups is 1. The lowest BCUT2D eigenvalue weighted by atomic mass is 10.3. The summed E-state index contributed by atoms with van der Waals surface area (Å²) in [5.41, 5.74) is 0. The van der Waals surface area contributed by atoms with Gasteiger partial charge in [0, 0.05) is 5.02 Å². The van der Waals surface area contributed by atoms with Crippen molar-refractivity contribution in [3.8, 4) is 5.75 Å². The van der Waals surface area contributed by atoms with Crippen molar-refractivity contribution in [2.24, 2.45) is 0 Å². The van der Waals surface area contributed by atoms with Gasteiger partial charge >= 0.3 is 5.97 Å². The lowest BCUT2D eigenvalue weighted by Crippen LogP contribution is -2.05.